The van der Waals surface area contributed by atoms with Gasteiger partial charge in [-0.1, -0.05) is 12.1 Å². The molecule has 2 N–H and O–H groups in total. The largest absolute Gasteiger partial charge is 0.382 e. The van der Waals surface area contributed by atoms with E-state index in [0.717, 1.165) is 5.69 Å². The van der Waals surface area contributed by atoms with Crippen molar-refractivity contribution in [1.82, 2.24) is 10.2 Å². The van der Waals surface area contributed by atoms with E-state index in [2.05, 4.69) is 10.6 Å². The lowest BCUT2D eigenvalue weighted by Crippen LogP contribution is -2.40. The van der Waals surface area contributed by atoms with Crippen molar-refractivity contribution < 1.29 is 9.59 Å². The van der Waals surface area contributed by atoms with Crippen LogP contribution in [0.3, 0.4) is 0 Å². The standard InChI is InChI=1S/C16H25N3O2/c1-5-17-15(20)11-19(6-2)16(21)13-9-7-8-10-14(13)18-12(3)4/h7-10,12,18H,5-6,11H2,1-4H3,(H,17,20). The van der Waals surface area contributed by atoms with Crippen molar-refractivity contribution in [3.63, 3.8) is 0 Å². The second-order valence-corrected chi connectivity index (χ2v) is 5.12. The maximum Gasteiger partial charge on any atom is 0.256 e. The number of rotatable bonds is 7. The van der Waals surface area contributed by atoms with Gasteiger partial charge in [0.2, 0.25) is 5.91 Å². The molecule has 21 heavy (non-hydrogen) atoms. The maximum atomic E-state index is 12.6. The van der Waals surface area contributed by atoms with Crippen molar-refractivity contribution in [3.05, 3.63) is 29.8 Å². The minimum Gasteiger partial charge on any atom is -0.382 e. The van der Waals surface area contributed by atoms with Crippen LogP contribution in [0, 0.1) is 0 Å². The van der Waals surface area contributed by atoms with Crippen molar-refractivity contribution in [3.8, 4) is 0 Å². The van der Waals surface area contributed by atoms with Crippen LogP contribution in [0.4, 0.5) is 5.69 Å². The van der Waals surface area contributed by atoms with Crippen LogP contribution in [0.25, 0.3) is 0 Å². The molecule has 0 aromatic heterocycles. The molecule has 0 aliphatic heterocycles. The summed E-state index contributed by atoms with van der Waals surface area (Å²) in [7, 11) is 0. The highest BCUT2D eigenvalue weighted by Crippen LogP contribution is 2.18. The van der Waals surface area contributed by atoms with E-state index in [1.807, 2.05) is 45.9 Å². The van der Waals surface area contributed by atoms with Gasteiger partial charge in [0.15, 0.2) is 0 Å². The first-order valence-electron chi connectivity index (χ1n) is 7.41. The number of hydrogen-bond acceptors (Lipinski definition) is 3. The molecule has 0 saturated carbocycles. The highest BCUT2D eigenvalue weighted by atomic mass is 16.2. The number of hydrogen-bond donors (Lipinski definition) is 2. The van der Waals surface area contributed by atoms with Crippen LogP contribution < -0.4 is 10.6 Å². The summed E-state index contributed by atoms with van der Waals surface area (Å²) < 4.78 is 0. The maximum absolute atomic E-state index is 12.6. The molecule has 0 bridgehead atoms. The Bertz CT molecular complexity index is 486. The monoisotopic (exact) mass is 291 g/mol. The third kappa shape index (κ3) is 5.10. The topological polar surface area (TPSA) is 61.4 Å². The average molecular weight is 291 g/mol. The van der Waals surface area contributed by atoms with Crippen LogP contribution in [0.5, 0.6) is 0 Å². The first-order chi connectivity index (χ1) is 9.99. The molecule has 1 rings (SSSR count). The van der Waals surface area contributed by atoms with Crippen molar-refractivity contribution in [2.24, 2.45) is 0 Å². The van der Waals surface area contributed by atoms with Crippen LogP contribution in [0.15, 0.2) is 24.3 Å². The van der Waals surface area contributed by atoms with Gasteiger partial charge in [-0.25, -0.2) is 0 Å². The van der Waals surface area contributed by atoms with Gasteiger partial charge in [0.1, 0.15) is 0 Å². The lowest BCUT2D eigenvalue weighted by molar-refractivity contribution is -0.121. The fourth-order valence-corrected chi connectivity index (χ4v) is 2.03. The molecule has 1 aromatic rings. The van der Waals surface area contributed by atoms with Crippen molar-refractivity contribution in [1.29, 1.82) is 0 Å². The molecule has 0 atom stereocenters. The summed E-state index contributed by atoms with van der Waals surface area (Å²) in [6, 6.07) is 7.62. The molecule has 0 spiro atoms. The Balaban J connectivity index is 2.92. The van der Waals surface area contributed by atoms with Gasteiger partial charge in [-0.05, 0) is 39.8 Å². The molecule has 0 aliphatic rings. The van der Waals surface area contributed by atoms with E-state index in [1.165, 1.54) is 0 Å². The number of anilines is 1. The number of nitrogens with zero attached hydrogens (tertiary/aromatic N) is 1. The fraction of sp³-hybridized carbons (Fsp3) is 0.500. The highest BCUT2D eigenvalue weighted by Gasteiger charge is 2.19. The molecule has 5 heteroatoms. The summed E-state index contributed by atoms with van der Waals surface area (Å²) in [6.07, 6.45) is 0. The molecule has 0 radical (unpaired) electrons. The highest BCUT2D eigenvalue weighted by molar-refractivity contribution is 6.01. The third-order valence-corrected chi connectivity index (χ3v) is 2.98. The Hall–Kier alpha value is -2.04. The zero-order chi connectivity index (χ0) is 15.8. The Labute approximate surface area is 126 Å². The zero-order valence-electron chi connectivity index (χ0n) is 13.3. The second kappa shape index (κ2) is 8.29. The third-order valence-electron chi connectivity index (χ3n) is 2.98. The van der Waals surface area contributed by atoms with Gasteiger partial charge in [0.25, 0.3) is 5.91 Å². The van der Waals surface area contributed by atoms with Gasteiger partial charge in [-0.15, -0.1) is 0 Å². The first-order valence-corrected chi connectivity index (χ1v) is 7.41. The predicted octanol–water partition coefficient (Wildman–Crippen LogP) is 2.11. The average Bonchev–Trinajstić information content (AvgIpc) is 2.44. The first kappa shape index (κ1) is 17.0. The summed E-state index contributed by atoms with van der Waals surface area (Å²) in [5, 5.41) is 5.98. The smallest absolute Gasteiger partial charge is 0.256 e. The summed E-state index contributed by atoms with van der Waals surface area (Å²) >= 11 is 0. The van der Waals surface area contributed by atoms with E-state index in [0.29, 0.717) is 18.7 Å². The molecule has 0 saturated heterocycles. The number of amides is 2. The van der Waals surface area contributed by atoms with Crippen molar-refractivity contribution in [2.75, 3.05) is 25.0 Å². The number of likely N-dealkylation sites (N-methyl/N-ethyl adjacent to an activating group) is 2. The molecule has 1 aromatic carbocycles. The van der Waals surface area contributed by atoms with Crippen LogP contribution in [-0.4, -0.2) is 42.4 Å². The molecule has 0 heterocycles. The summed E-state index contributed by atoms with van der Waals surface area (Å²) in [6.45, 7) is 8.91. The number of carbonyl (C=O) groups is 2. The Kier molecular flexibility index (Phi) is 6.72. The predicted molar refractivity (Wildman–Crippen MR) is 85.5 cm³/mol. The molecule has 5 nitrogen and oxygen atoms in total. The molecular formula is C16H25N3O2. The van der Waals surface area contributed by atoms with Crippen LogP contribution in [0.2, 0.25) is 0 Å². The minimum absolute atomic E-state index is 0.0825. The van der Waals surface area contributed by atoms with E-state index in [9.17, 15) is 9.59 Å². The zero-order valence-corrected chi connectivity index (χ0v) is 13.3. The molecule has 0 aliphatic carbocycles. The lowest BCUT2D eigenvalue weighted by atomic mass is 10.1. The molecule has 116 valence electrons. The van der Waals surface area contributed by atoms with E-state index in [-0.39, 0.29) is 24.4 Å². The fourth-order valence-electron chi connectivity index (χ4n) is 2.03. The summed E-state index contributed by atoms with van der Waals surface area (Å²) in [5.41, 5.74) is 1.39. The summed E-state index contributed by atoms with van der Waals surface area (Å²) in [4.78, 5) is 25.9. The number of para-hydroxylation sites is 1. The summed E-state index contributed by atoms with van der Waals surface area (Å²) in [5.74, 6) is -0.269. The number of benzene rings is 1. The normalized spacial score (nSPS) is 10.3. The van der Waals surface area contributed by atoms with Crippen LogP contribution in [0.1, 0.15) is 38.1 Å². The SMILES string of the molecule is CCNC(=O)CN(CC)C(=O)c1ccccc1NC(C)C. The van der Waals surface area contributed by atoms with E-state index < -0.39 is 0 Å². The van der Waals surface area contributed by atoms with E-state index in [1.54, 1.807) is 11.0 Å². The second-order valence-electron chi connectivity index (χ2n) is 5.12. The Morgan fingerprint density at radius 1 is 1.19 bits per heavy atom. The number of nitrogens with one attached hydrogen (secondary N) is 2. The van der Waals surface area contributed by atoms with Gasteiger partial charge in [-0.3, -0.25) is 9.59 Å². The molecular weight excluding hydrogens is 266 g/mol. The van der Waals surface area contributed by atoms with Gasteiger partial charge >= 0.3 is 0 Å². The van der Waals surface area contributed by atoms with E-state index in [4.69, 9.17) is 0 Å². The number of carbonyl (C=O) groups excluding carboxylic acids is 2. The van der Waals surface area contributed by atoms with E-state index >= 15 is 0 Å². The molecule has 2 amide bonds. The van der Waals surface area contributed by atoms with Gasteiger partial charge < -0.3 is 15.5 Å². The lowest BCUT2D eigenvalue weighted by Gasteiger charge is -2.22. The van der Waals surface area contributed by atoms with Crippen molar-refractivity contribution >= 4 is 17.5 Å². The minimum atomic E-state index is -0.137. The van der Waals surface area contributed by atoms with Gasteiger partial charge in [-0.2, -0.15) is 0 Å². The van der Waals surface area contributed by atoms with Gasteiger partial charge in [0, 0.05) is 24.8 Å². The van der Waals surface area contributed by atoms with Crippen molar-refractivity contribution in [2.45, 2.75) is 33.7 Å². The Morgan fingerprint density at radius 3 is 2.43 bits per heavy atom. The molecule has 0 unspecified atom stereocenters. The van der Waals surface area contributed by atoms with Crippen LogP contribution >= 0.6 is 0 Å². The quantitative estimate of drug-likeness (QED) is 0.809. The van der Waals surface area contributed by atoms with Crippen LogP contribution in [-0.2, 0) is 4.79 Å². The van der Waals surface area contributed by atoms with Gasteiger partial charge in [0.05, 0.1) is 12.1 Å². The Morgan fingerprint density at radius 2 is 1.86 bits per heavy atom. The molecule has 0 fully saturated rings.